The number of carboxylic acids is 1. The van der Waals surface area contributed by atoms with Crippen molar-refractivity contribution in [2.75, 3.05) is 12.4 Å². The molecule has 1 saturated heterocycles. The normalized spacial score (nSPS) is 20.8. The van der Waals surface area contributed by atoms with Crippen LogP contribution < -0.4 is 5.32 Å². The Morgan fingerprint density at radius 1 is 1.39 bits per heavy atom. The number of carboxylic acid groups (broad SMARTS) is 1. The Bertz CT molecular complexity index is 1020. The molecule has 3 rings (SSSR count). The number of rotatable bonds is 5. The number of fused-ring (bicyclic) bond motifs is 1. The molecule has 3 heterocycles. The summed E-state index contributed by atoms with van der Waals surface area (Å²) in [6.07, 6.45) is -4.88. The third kappa shape index (κ3) is 4.08. The Hall–Kier alpha value is -2.74. The van der Waals surface area contributed by atoms with Crippen molar-refractivity contribution < 1.29 is 42.2 Å². The van der Waals surface area contributed by atoms with Gasteiger partial charge in [0, 0.05) is 25.3 Å². The first kappa shape index (κ1) is 22.9. The molecule has 2 amide bonds. The number of amides is 2. The molecule has 0 aromatic carbocycles. The summed E-state index contributed by atoms with van der Waals surface area (Å²) in [5.74, 6) is -3.80. The zero-order valence-corrected chi connectivity index (χ0v) is 17.4. The van der Waals surface area contributed by atoms with Crippen LogP contribution in [0.4, 0.5) is 13.2 Å². The molecule has 1 fully saturated rings. The molecular weight excluding hydrogens is 469 g/mol. The molecule has 0 aliphatic carbocycles. The Morgan fingerprint density at radius 2 is 2.03 bits per heavy atom. The second-order valence-corrected chi connectivity index (χ2v) is 8.01. The van der Waals surface area contributed by atoms with Gasteiger partial charge in [-0.05, 0) is 0 Å². The fourth-order valence-electron chi connectivity index (χ4n) is 3.12. The number of aromatic nitrogens is 2. The van der Waals surface area contributed by atoms with E-state index in [9.17, 15) is 37.5 Å². The van der Waals surface area contributed by atoms with Crippen LogP contribution in [0, 0.1) is 0 Å². The lowest BCUT2D eigenvalue weighted by Gasteiger charge is -2.49. The number of hydrogen-bond acceptors (Lipinski definition) is 7. The van der Waals surface area contributed by atoms with Gasteiger partial charge in [0.25, 0.3) is 11.8 Å². The second-order valence-electron chi connectivity index (χ2n) is 6.53. The lowest BCUT2D eigenvalue weighted by atomic mass is 10.0. The molecule has 0 unspecified atom stereocenters. The number of carbonyl (C=O) groups is 4. The van der Waals surface area contributed by atoms with E-state index in [2.05, 4.69) is 10.4 Å². The maximum absolute atomic E-state index is 12.9. The standard InChI is InChI=1S/C16H14ClF3N4O6S/c1-5(25)30-3-6-4-31-14-8(13(27)24(14)9(6)15(28)29)21-12(26)10-7(17)11(16(18,19)20)22-23(10)2/h8,14H,3-4H2,1-2H3,(H,21,26)(H,28,29)/t8-,14+/m1/s1. The number of β-lactam (4-membered cyclic amide) rings is 1. The van der Waals surface area contributed by atoms with E-state index in [1.165, 1.54) is 0 Å². The van der Waals surface area contributed by atoms with Crippen LogP contribution in [0.1, 0.15) is 23.1 Å². The first-order chi connectivity index (χ1) is 14.3. The number of aryl methyl sites for hydroxylation is 1. The van der Waals surface area contributed by atoms with Gasteiger partial charge < -0.3 is 15.2 Å². The molecule has 1 aromatic heterocycles. The lowest BCUT2D eigenvalue weighted by molar-refractivity contribution is -0.149. The molecule has 0 bridgehead atoms. The van der Waals surface area contributed by atoms with Crippen LogP contribution >= 0.6 is 23.4 Å². The van der Waals surface area contributed by atoms with Gasteiger partial charge in [-0.2, -0.15) is 18.3 Å². The zero-order chi connectivity index (χ0) is 23.2. The minimum Gasteiger partial charge on any atom is -0.477 e. The monoisotopic (exact) mass is 482 g/mol. The molecule has 0 spiro atoms. The number of ether oxygens (including phenoxy) is 1. The van der Waals surface area contributed by atoms with Crippen molar-refractivity contribution in [3.05, 3.63) is 27.7 Å². The number of aliphatic carboxylic acids is 1. The highest BCUT2D eigenvalue weighted by molar-refractivity contribution is 8.00. The maximum Gasteiger partial charge on any atom is 0.436 e. The van der Waals surface area contributed by atoms with E-state index in [1.54, 1.807) is 0 Å². The van der Waals surface area contributed by atoms with Crippen molar-refractivity contribution in [2.45, 2.75) is 24.5 Å². The number of thioether (sulfide) groups is 1. The molecule has 168 valence electrons. The average molecular weight is 483 g/mol. The van der Waals surface area contributed by atoms with E-state index >= 15 is 0 Å². The van der Waals surface area contributed by atoms with Crippen molar-refractivity contribution in [1.29, 1.82) is 0 Å². The van der Waals surface area contributed by atoms with Gasteiger partial charge in [0.1, 0.15) is 34.4 Å². The third-order valence-electron chi connectivity index (χ3n) is 4.46. The van der Waals surface area contributed by atoms with Gasteiger partial charge in [-0.15, -0.1) is 11.8 Å². The fraction of sp³-hybridized carbons (Fsp3) is 0.438. The summed E-state index contributed by atoms with van der Waals surface area (Å²) in [6, 6.07) is -1.19. The van der Waals surface area contributed by atoms with Crippen molar-refractivity contribution >= 4 is 47.1 Å². The van der Waals surface area contributed by atoms with E-state index in [1.807, 2.05) is 0 Å². The van der Waals surface area contributed by atoms with E-state index in [0.29, 0.717) is 4.68 Å². The van der Waals surface area contributed by atoms with Gasteiger partial charge in [0.15, 0.2) is 5.69 Å². The minimum atomic E-state index is -4.88. The summed E-state index contributed by atoms with van der Waals surface area (Å²) in [6.45, 7) is 0.830. The van der Waals surface area contributed by atoms with Gasteiger partial charge in [0.05, 0.1) is 0 Å². The molecule has 0 radical (unpaired) electrons. The molecule has 1 aromatic rings. The van der Waals surface area contributed by atoms with E-state index in [4.69, 9.17) is 16.3 Å². The molecule has 31 heavy (non-hydrogen) atoms. The summed E-state index contributed by atoms with van der Waals surface area (Å²) in [5.41, 5.74) is -2.20. The van der Waals surface area contributed by atoms with Crippen molar-refractivity contribution in [3.8, 4) is 0 Å². The maximum atomic E-state index is 12.9. The number of nitrogens with one attached hydrogen (secondary N) is 1. The number of carbonyl (C=O) groups excluding carboxylic acids is 3. The molecule has 15 heteroatoms. The van der Waals surface area contributed by atoms with Crippen molar-refractivity contribution in [1.82, 2.24) is 20.0 Å². The summed E-state index contributed by atoms with van der Waals surface area (Å²) >= 11 is 6.78. The molecule has 2 atom stereocenters. The largest absolute Gasteiger partial charge is 0.477 e. The minimum absolute atomic E-state index is 0.0976. The first-order valence-corrected chi connectivity index (χ1v) is 9.91. The van der Waals surface area contributed by atoms with E-state index in [0.717, 1.165) is 30.6 Å². The second kappa shape index (κ2) is 8.07. The third-order valence-corrected chi connectivity index (χ3v) is 6.16. The summed E-state index contributed by atoms with van der Waals surface area (Å²) < 4.78 is 44.3. The molecular formula is C16H14ClF3N4O6S. The molecule has 2 aliphatic rings. The highest BCUT2D eigenvalue weighted by Crippen LogP contribution is 2.41. The zero-order valence-electron chi connectivity index (χ0n) is 15.8. The Balaban J connectivity index is 1.81. The summed E-state index contributed by atoms with van der Waals surface area (Å²) in [4.78, 5) is 48.7. The van der Waals surface area contributed by atoms with Gasteiger partial charge in [-0.25, -0.2) is 4.79 Å². The van der Waals surface area contributed by atoms with Crippen LogP contribution in [0.2, 0.25) is 5.02 Å². The van der Waals surface area contributed by atoms with Crippen molar-refractivity contribution in [2.24, 2.45) is 7.05 Å². The molecule has 0 saturated carbocycles. The molecule has 10 nitrogen and oxygen atoms in total. The summed E-state index contributed by atoms with van der Waals surface area (Å²) in [7, 11) is 1.09. The Kier molecular flexibility index (Phi) is 5.97. The number of esters is 1. The van der Waals surface area contributed by atoms with Gasteiger partial charge in [-0.3, -0.25) is 24.0 Å². The fourth-order valence-corrected chi connectivity index (χ4v) is 4.80. The van der Waals surface area contributed by atoms with Crippen LogP contribution in [-0.2, 0) is 32.3 Å². The van der Waals surface area contributed by atoms with Crippen molar-refractivity contribution in [3.63, 3.8) is 0 Å². The highest BCUT2D eigenvalue weighted by atomic mass is 35.5. The van der Waals surface area contributed by atoms with E-state index < -0.39 is 57.8 Å². The highest BCUT2D eigenvalue weighted by Gasteiger charge is 2.54. The number of hydrogen-bond donors (Lipinski definition) is 2. The van der Waals surface area contributed by atoms with Crippen LogP contribution in [0.3, 0.4) is 0 Å². The summed E-state index contributed by atoms with van der Waals surface area (Å²) in [5, 5.41) is 13.3. The Labute approximate surface area is 181 Å². The van der Waals surface area contributed by atoms with Crippen LogP contribution in [0.25, 0.3) is 0 Å². The predicted molar refractivity (Wildman–Crippen MR) is 98.9 cm³/mol. The number of halogens is 4. The number of nitrogens with zero attached hydrogens (tertiary/aromatic N) is 3. The van der Waals surface area contributed by atoms with Gasteiger partial charge >= 0.3 is 18.1 Å². The van der Waals surface area contributed by atoms with Gasteiger partial charge in [-0.1, -0.05) is 11.6 Å². The van der Waals surface area contributed by atoms with Gasteiger partial charge in [0.2, 0.25) is 0 Å². The quantitative estimate of drug-likeness (QED) is 0.469. The van der Waals surface area contributed by atoms with Crippen LogP contribution in [-0.4, -0.2) is 67.3 Å². The van der Waals surface area contributed by atoms with Crippen LogP contribution in [0.15, 0.2) is 11.3 Å². The Morgan fingerprint density at radius 3 is 2.55 bits per heavy atom. The number of alkyl halides is 3. The lowest BCUT2D eigenvalue weighted by Crippen LogP contribution is -2.70. The smallest absolute Gasteiger partial charge is 0.436 e. The molecule has 2 N–H and O–H groups in total. The van der Waals surface area contributed by atoms with E-state index in [-0.39, 0.29) is 23.6 Å². The van der Waals surface area contributed by atoms with Crippen LogP contribution in [0.5, 0.6) is 0 Å². The molecule has 2 aliphatic heterocycles. The predicted octanol–water partition coefficient (Wildman–Crippen LogP) is 1.01. The SMILES string of the molecule is CC(=O)OCC1=C(C(=O)O)N2C(=O)[C@@H](NC(=O)c3c(Cl)c(C(F)(F)F)nn3C)[C@@H]2SC1. The topological polar surface area (TPSA) is 131 Å². The first-order valence-electron chi connectivity index (χ1n) is 8.48. The average Bonchev–Trinajstić information content (AvgIpc) is 2.97.